The Bertz CT molecular complexity index is 1250. The largest absolute Gasteiger partial charge is 0.410 e. The van der Waals surface area contributed by atoms with Crippen LogP contribution in [0.4, 0.5) is 11.4 Å². The maximum Gasteiger partial charge on any atom is 0.129 e. The van der Waals surface area contributed by atoms with Gasteiger partial charge in [-0.1, -0.05) is 52.6 Å². The summed E-state index contributed by atoms with van der Waals surface area (Å²) >= 11 is 14.3. The van der Waals surface area contributed by atoms with Gasteiger partial charge in [-0.25, -0.2) is 0 Å². The van der Waals surface area contributed by atoms with Gasteiger partial charge in [0.1, 0.15) is 5.71 Å². The number of aryl methyl sites for hydroxylation is 2. The zero-order valence-corrected chi connectivity index (χ0v) is 18.2. The summed E-state index contributed by atoms with van der Waals surface area (Å²) in [6.45, 7) is 4.07. The third-order valence-electron chi connectivity index (χ3n) is 4.82. The highest BCUT2D eigenvalue weighted by Crippen LogP contribution is 2.36. The highest BCUT2D eigenvalue weighted by atomic mass is 35.5. The number of halogens is 2. The number of oxime groups is 1. The third kappa shape index (κ3) is 3.84. The first-order valence-corrected chi connectivity index (χ1v) is 10.6. The van der Waals surface area contributed by atoms with Gasteiger partial charge < -0.3 is 10.5 Å². The fourth-order valence-corrected chi connectivity index (χ4v) is 4.88. The van der Waals surface area contributed by atoms with Gasteiger partial charge in [0.25, 0.3) is 0 Å². The van der Waals surface area contributed by atoms with Crippen molar-refractivity contribution in [2.45, 2.75) is 13.8 Å². The van der Waals surface area contributed by atoms with Crippen LogP contribution in [0.5, 0.6) is 0 Å². The molecule has 4 rings (SSSR count). The van der Waals surface area contributed by atoms with E-state index in [0.717, 1.165) is 37.5 Å². The van der Waals surface area contributed by atoms with Crippen molar-refractivity contribution in [3.8, 4) is 0 Å². The zero-order valence-electron chi connectivity index (χ0n) is 15.8. The predicted molar refractivity (Wildman–Crippen MR) is 125 cm³/mol. The van der Waals surface area contributed by atoms with E-state index in [1.165, 1.54) is 0 Å². The standard InChI is InChI=1S/C23H18Cl2N2OS/c1-13-5-3-4-6-21(13)26-16-8-10-18(20(25)12-16)22(27-28)23-17-9-7-15(24)11-19(17)14(2)29-23/h3-12,26,28H,1-2H3/b27-22+. The van der Waals surface area contributed by atoms with E-state index < -0.39 is 0 Å². The van der Waals surface area contributed by atoms with Crippen molar-refractivity contribution >= 4 is 62.4 Å². The number of benzene rings is 3. The number of nitrogens with one attached hydrogen (secondary N) is 1. The van der Waals surface area contributed by atoms with Gasteiger partial charge in [0, 0.05) is 32.2 Å². The molecule has 29 heavy (non-hydrogen) atoms. The topological polar surface area (TPSA) is 44.6 Å². The summed E-state index contributed by atoms with van der Waals surface area (Å²) in [5.74, 6) is 0. The van der Waals surface area contributed by atoms with E-state index in [4.69, 9.17) is 23.2 Å². The Kier molecular flexibility index (Phi) is 5.50. The van der Waals surface area contributed by atoms with E-state index in [1.807, 2.05) is 74.5 Å². The number of rotatable bonds is 4. The Hall–Kier alpha value is -2.53. The predicted octanol–water partition coefficient (Wildman–Crippen LogP) is 7.80. The molecule has 0 bridgehead atoms. The Labute approximate surface area is 183 Å². The molecule has 0 radical (unpaired) electrons. The van der Waals surface area contributed by atoms with Gasteiger partial charge >= 0.3 is 0 Å². The van der Waals surface area contributed by atoms with Gasteiger partial charge in [0.2, 0.25) is 0 Å². The lowest BCUT2D eigenvalue weighted by atomic mass is 10.0. The average Bonchev–Trinajstić information content (AvgIpc) is 3.02. The van der Waals surface area contributed by atoms with E-state index in [2.05, 4.69) is 10.5 Å². The molecule has 0 saturated carbocycles. The minimum atomic E-state index is 0.447. The highest BCUT2D eigenvalue weighted by Gasteiger charge is 2.19. The molecule has 0 aliphatic carbocycles. The Morgan fingerprint density at radius 3 is 2.48 bits per heavy atom. The number of nitrogens with zero attached hydrogens (tertiary/aromatic N) is 1. The van der Waals surface area contributed by atoms with Gasteiger partial charge in [0.15, 0.2) is 0 Å². The average molecular weight is 441 g/mol. The lowest BCUT2D eigenvalue weighted by Crippen LogP contribution is -2.03. The van der Waals surface area contributed by atoms with Crippen LogP contribution in [0.15, 0.2) is 65.8 Å². The van der Waals surface area contributed by atoms with E-state index >= 15 is 0 Å². The Balaban J connectivity index is 1.73. The summed E-state index contributed by atoms with van der Waals surface area (Å²) in [5.41, 5.74) is 4.14. The first kappa shape index (κ1) is 19.8. The van der Waals surface area contributed by atoms with Gasteiger partial charge in [-0.05, 0) is 61.2 Å². The molecule has 3 nitrogen and oxygen atoms in total. The first-order chi connectivity index (χ1) is 14.0. The molecular formula is C23H18Cl2N2OS. The second-order valence-electron chi connectivity index (χ2n) is 6.76. The number of anilines is 2. The van der Waals surface area contributed by atoms with Crippen molar-refractivity contribution in [3.63, 3.8) is 0 Å². The number of hydrogen-bond donors (Lipinski definition) is 2. The summed E-state index contributed by atoms with van der Waals surface area (Å²) in [4.78, 5) is 1.96. The molecule has 6 heteroatoms. The highest BCUT2D eigenvalue weighted by molar-refractivity contribution is 7.16. The van der Waals surface area contributed by atoms with Crippen LogP contribution in [0.3, 0.4) is 0 Å². The van der Waals surface area contributed by atoms with Crippen molar-refractivity contribution in [3.05, 3.63) is 91.6 Å². The first-order valence-electron chi connectivity index (χ1n) is 9.01. The molecule has 0 fully saturated rings. The van der Waals surface area contributed by atoms with Crippen molar-refractivity contribution in [2.24, 2.45) is 5.16 Å². The van der Waals surface area contributed by atoms with Crippen LogP contribution in [0.2, 0.25) is 10.0 Å². The van der Waals surface area contributed by atoms with Crippen LogP contribution in [-0.2, 0) is 0 Å². The number of para-hydroxylation sites is 1. The maximum absolute atomic E-state index is 9.82. The molecule has 3 aromatic carbocycles. The molecule has 0 amide bonds. The lowest BCUT2D eigenvalue weighted by Gasteiger charge is -2.12. The van der Waals surface area contributed by atoms with Crippen molar-refractivity contribution < 1.29 is 5.21 Å². The summed E-state index contributed by atoms with van der Waals surface area (Å²) in [6.07, 6.45) is 0. The van der Waals surface area contributed by atoms with Gasteiger partial charge in [-0.15, -0.1) is 11.3 Å². The molecule has 4 aromatic rings. The molecule has 0 atom stereocenters. The molecule has 1 heterocycles. The van der Waals surface area contributed by atoms with Crippen LogP contribution in [0, 0.1) is 13.8 Å². The summed E-state index contributed by atoms with van der Waals surface area (Å²) in [7, 11) is 0. The maximum atomic E-state index is 9.82. The zero-order chi connectivity index (χ0) is 20.5. The molecule has 2 N–H and O–H groups in total. The number of hydrogen-bond acceptors (Lipinski definition) is 4. The minimum absolute atomic E-state index is 0.447. The fraction of sp³-hybridized carbons (Fsp3) is 0.0870. The van der Waals surface area contributed by atoms with Gasteiger partial charge in [-0.2, -0.15) is 0 Å². The quantitative estimate of drug-likeness (QED) is 0.193. The molecule has 0 saturated heterocycles. The van der Waals surface area contributed by atoms with Crippen LogP contribution in [0.1, 0.15) is 20.9 Å². The smallest absolute Gasteiger partial charge is 0.129 e. The third-order valence-corrected chi connectivity index (χ3v) is 6.52. The Morgan fingerprint density at radius 2 is 1.76 bits per heavy atom. The minimum Gasteiger partial charge on any atom is -0.410 e. The molecule has 0 aliphatic rings. The molecule has 1 aromatic heterocycles. The van der Waals surface area contributed by atoms with Gasteiger partial charge in [-0.3, -0.25) is 0 Å². The van der Waals surface area contributed by atoms with Crippen molar-refractivity contribution in [2.75, 3.05) is 5.32 Å². The van der Waals surface area contributed by atoms with Crippen molar-refractivity contribution in [1.82, 2.24) is 0 Å². The van der Waals surface area contributed by atoms with Crippen LogP contribution < -0.4 is 5.32 Å². The summed E-state index contributed by atoms with van der Waals surface area (Å²) in [5, 5.41) is 20.0. The fourth-order valence-electron chi connectivity index (χ4n) is 3.32. The van der Waals surface area contributed by atoms with Crippen LogP contribution >= 0.6 is 34.5 Å². The van der Waals surface area contributed by atoms with E-state index in [0.29, 0.717) is 21.3 Å². The van der Waals surface area contributed by atoms with E-state index in [-0.39, 0.29) is 0 Å². The molecule has 146 valence electrons. The monoisotopic (exact) mass is 440 g/mol. The van der Waals surface area contributed by atoms with E-state index in [1.54, 1.807) is 11.3 Å². The molecule has 0 aliphatic heterocycles. The lowest BCUT2D eigenvalue weighted by molar-refractivity contribution is 0.320. The second kappa shape index (κ2) is 8.07. The SMILES string of the molecule is Cc1ccccc1Nc1ccc(/C(=N\O)c2sc(C)c3cc(Cl)ccc23)c(Cl)c1. The van der Waals surface area contributed by atoms with Crippen molar-refractivity contribution in [1.29, 1.82) is 0 Å². The summed E-state index contributed by atoms with van der Waals surface area (Å²) < 4.78 is 0. The second-order valence-corrected chi connectivity index (χ2v) is 8.83. The normalized spacial score (nSPS) is 11.8. The number of fused-ring (bicyclic) bond motifs is 1. The van der Waals surface area contributed by atoms with E-state index in [9.17, 15) is 5.21 Å². The van der Waals surface area contributed by atoms with Crippen LogP contribution in [-0.4, -0.2) is 10.9 Å². The molecule has 0 unspecified atom stereocenters. The van der Waals surface area contributed by atoms with Crippen LogP contribution in [0.25, 0.3) is 10.8 Å². The molecule has 0 spiro atoms. The Morgan fingerprint density at radius 1 is 0.966 bits per heavy atom. The van der Waals surface area contributed by atoms with Gasteiger partial charge in [0.05, 0.1) is 9.90 Å². The summed E-state index contributed by atoms with van der Waals surface area (Å²) in [6, 6.07) is 19.4. The molecular weight excluding hydrogens is 423 g/mol. The number of thiophene rings is 1.